The lowest BCUT2D eigenvalue weighted by atomic mass is 10.2. The Kier molecular flexibility index (Phi) is 2.86. The van der Waals surface area contributed by atoms with Crippen molar-refractivity contribution < 1.29 is 12.8 Å². The van der Waals surface area contributed by atoms with Crippen LogP contribution in [0.5, 0.6) is 0 Å². The van der Waals surface area contributed by atoms with Crippen LogP contribution in [0.15, 0.2) is 29.2 Å². The van der Waals surface area contributed by atoms with Gasteiger partial charge in [0.2, 0.25) is 15.5 Å². The van der Waals surface area contributed by atoms with Crippen LogP contribution in [-0.4, -0.2) is 19.2 Å². The molecule has 0 saturated carbocycles. The number of anilines is 1. The maximum Gasteiger partial charge on any atom is 0.229 e. The summed E-state index contributed by atoms with van der Waals surface area (Å²) in [7, 11) is -1.92. The summed E-state index contributed by atoms with van der Waals surface area (Å²) in [5, 5.41) is 0.257. The van der Waals surface area contributed by atoms with Gasteiger partial charge in [-0.25, -0.2) is 12.8 Å². The lowest BCUT2D eigenvalue weighted by Gasteiger charge is -2.09. The molecule has 0 atom stereocenters. The minimum absolute atomic E-state index is 0.0564. The number of halogens is 1. The number of fused-ring (bicyclic) bond motifs is 1. The summed E-state index contributed by atoms with van der Waals surface area (Å²) >= 11 is 0. The second-order valence-corrected chi connectivity index (χ2v) is 5.77. The molecule has 5 nitrogen and oxygen atoms in total. The van der Waals surface area contributed by atoms with E-state index in [1.54, 1.807) is 7.05 Å². The molecule has 0 spiro atoms. The van der Waals surface area contributed by atoms with E-state index in [4.69, 9.17) is 0 Å². The van der Waals surface area contributed by atoms with Gasteiger partial charge in [-0.15, -0.1) is 0 Å². The number of hydrogen-bond donors (Lipinski definition) is 1. The van der Waals surface area contributed by atoms with Gasteiger partial charge in [0.25, 0.3) is 0 Å². The molecule has 2 aromatic rings. The first kappa shape index (κ1) is 12.6. The normalized spacial score (nSPS) is 11.7. The zero-order chi connectivity index (χ0) is 13.5. The molecule has 1 heterocycles. The second kappa shape index (κ2) is 4.09. The predicted octanol–water partition coefficient (Wildman–Crippen LogP) is 1.05. The standard InChI is InChI=1S/C11H11FN2O3S/c1-14-6-9(13-18(2,16)17)11(15)8-4-3-7(12)5-10(8)14/h3-6,13H,1-2H3. The topological polar surface area (TPSA) is 68.2 Å². The molecule has 0 amide bonds. The van der Waals surface area contributed by atoms with E-state index >= 15 is 0 Å². The maximum absolute atomic E-state index is 13.1. The van der Waals surface area contributed by atoms with Gasteiger partial charge < -0.3 is 4.57 Å². The van der Waals surface area contributed by atoms with Crippen molar-refractivity contribution in [3.63, 3.8) is 0 Å². The largest absolute Gasteiger partial charge is 0.348 e. The average molecular weight is 270 g/mol. The maximum atomic E-state index is 13.1. The van der Waals surface area contributed by atoms with Crippen LogP contribution in [0.4, 0.5) is 10.1 Å². The van der Waals surface area contributed by atoms with Gasteiger partial charge in [-0.1, -0.05) is 0 Å². The number of nitrogens with zero attached hydrogens (tertiary/aromatic N) is 1. The first-order valence-corrected chi connectivity index (χ1v) is 6.94. The Morgan fingerprint density at radius 2 is 2.00 bits per heavy atom. The molecule has 18 heavy (non-hydrogen) atoms. The lowest BCUT2D eigenvalue weighted by Crippen LogP contribution is -2.19. The van der Waals surface area contributed by atoms with Gasteiger partial charge in [-0.2, -0.15) is 0 Å². The highest BCUT2D eigenvalue weighted by atomic mass is 32.2. The molecule has 0 aliphatic carbocycles. The summed E-state index contributed by atoms with van der Waals surface area (Å²) in [4.78, 5) is 12.0. The first-order valence-electron chi connectivity index (χ1n) is 5.04. The van der Waals surface area contributed by atoms with Gasteiger partial charge in [0.1, 0.15) is 11.5 Å². The van der Waals surface area contributed by atoms with Gasteiger partial charge in [-0.3, -0.25) is 9.52 Å². The minimum Gasteiger partial charge on any atom is -0.348 e. The molecule has 1 aromatic carbocycles. The number of pyridine rings is 1. The third-order valence-corrected chi connectivity index (χ3v) is 3.04. The highest BCUT2D eigenvalue weighted by Gasteiger charge is 2.11. The summed E-state index contributed by atoms with van der Waals surface area (Å²) in [5.41, 5.74) is -0.133. The van der Waals surface area contributed by atoms with E-state index in [0.717, 1.165) is 12.3 Å². The second-order valence-electron chi connectivity index (χ2n) is 4.02. The molecule has 96 valence electrons. The Hall–Kier alpha value is -1.89. The van der Waals surface area contributed by atoms with Crippen molar-refractivity contribution in [3.05, 3.63) is 40.4 Å². The third-order valence-electron chi connectivity index (χ3n) is 2.45. The van der Waals surface area contributed by atoms with Crippen LogP contribution >= 0.6 is 0 Å². The quantitative estimate of drug-likeness (QED) is 0.886. The first-order chi connectivity index (χ1) is 8.28. The average Bonchev–Trinajstić information content (AvgIpc) is 2.23. The van der Waals surface area contributed by atoms with Crippen LogP contribution in [-0.2, 0) is 17.1 Å². The Bertz CT molecular complexity index is 781. The molecule has 1 aromatic heterocycles. The van der Waals surface area contributed by atoms with Gasteiger partial charge in [-0.05, 0) is 18.2 Å². The molecule has 0 bridgehead atoms. The van der Waals surface area contributed by atoms with Crippen molar-refractivity contribution in [2.45, 2.75) is 0 Å². The third kappa shape index (κ3) is 2.35. The molecule has 7 heteroatoms. The predicted molar refractivity (Wildman–Crippen MR) is 67.6 cm³/mol. The summed E-state index contributed by atoms with van der Waals surface area (Å²) in [5.74, 6) is -0.457. The molecule has 0 saturated heterocycles. The van der Waals surface area contributed by atoms with Crippen LogP contribution in [0, 0.1) is 5.82 Å². The van der Waals surface area contributed by atoms with E-state index in [2.05, 4.69) is 4.72 Å². The van der Waals surface area contributed by atoms with Crippen LogP contribution < -0.4 is 10.2 Å². The van der Waals surface area contributed by atoms with E-state index in [9.17, 15) is 17.6 Å². The van der Waals surface area contributed by atoms with Crippen molar-refractivity contribution in [1.29, 1.82) is 0 Å². The van der Waals surface area contributed by atoms with Gasteiger partial charge >= 0.3 is 0 Å². The fraction of sp³-hybridized carbons (Fsp3) is 0.182. The SMILES string of the molecule is Cn1cc(NS(C)(=O)=O)c(=O)c2ccc(F)cc21. The molecule has 2 rings (SSSR count). The highest BCUT2D eigenvalue weighted by molar-refractivity contribution is 7.92. The van der Waals surface area contributed by atoms with Crippen molar-refractivity contribution in [3.8, 4) is 0 Å². The van der Waals surface area contributed by atoms with Crippen LogP contribution in [0.2, 0.25) is 0 Å². The number of nitrogens with one attached hydrogen (secondary N) is 1. The molecule has 0 radical (unpaired) electrons. The summed E-state index contributed by atoms with van der Waals surface area (Å²) in [6.07, 6.45) is 2.28. The number of sulfonamides is 1. The minimum atomic E-state index is -3.53. The van der Waals surface area contributed by atoms with E-state index in [0.29, 0.717) is 5.52 Å². The number of benzene rings is 1. The summed E-state index contributed by atoms with van der Waals surface area (Å²) < 4.78 is 39.0. The smallest absolute Gasteiger partial charge is 0.229 e. The van der Waals surface area contributed by atoms with E-state index in [-0.39, 0.29) is 11.1 Å². The monoisotopic (exact) mass is 270 g/mol. The van der Waals surface area contributed by atoms with Crippen LogP contribution in [0.25, 0.3) is 10.9 Å². The van der Waals surface area contributed by atoms with Crippen molar-refractivity contribution in [2.24, 2.45) is 7.05 Å². The molecule has 0 aliphatic rings. The Balaban J connectivity index is 2.77. The van der Waals surface area contributed by atoms with Crippen molar-refractivity contribution >= 4 is 26.6 Å². The van der Waals surface area contributed by atoms with Crippen molar-refractivity contribution in [2.75, 3.05) is 11.0 Å². The Morgan fingerprint density at radius 1 is 1.33 bits per heavy atom. The molecule has 0 unspecified atom stereocenters. The van der Waals surface area contributed by atoms with Crippen molar-refractivity contribution in [1.82, 2.24) is 4.57 Å². The lowest BCUT2D eigenvalue weighted by molar-refractivity contribution is 0.606. The Morgan fingerprint density at radius 3 is 2.61 bits per heavy atom. The van der Waals surface area contributed by atoms with Gasteiger partial charge in [0, 0.05) is 18.6 Å². The summed E-state index contributed by atoms with van der Waals surface area (Å²) in [6, 6.07) is 3.72. The highest BCUT2D eigenvalue weighted by Crippen LogP contribution is 2.15. The molecule has 0 aliphatic heterocycles. The zero-order valence-electron chi connectivity index (χ0n) is 9.77. The summed E-state index contributed by atoms with van der Waals surface area (Å²) in [6.45, 7) is 0. The molecular weight excluding hydrogens is 259 g/mol. The molecule has 1 N–H and O–H groups in total. The number of aromatic nitrogens is 1. The number of aryl methyl sites for hydroxylation is 1. The fourth-order valence-electron chi connectivity index (χ4n) is 1.73. The number of hydrogen-bond acceptors (Lipinski definition) is 3. The Labute approximate surface area is 103 Å². The molecular formula is C11H11FN2O3S. The van der Waals surface area contributed by atoms with Gasteiger partial charge in [0.15, 0.2) is 0 Å². The molecule has 0 fully saturated rings. The van der Waals surface area contributed by atoms with E-state index in [1.807, 2.05) is 0 Å². The van der Waals surface area contributed by atoms with E-state index in [1.165, 1.54) is 22.9 Å². The fourth-order valence-corrected chi connectivity index (χ4v) is 2.27. The zero-order valence-corrected chi connectivity index (χ0v) is 10.6. The van der Waals surface area contributed by atoms with Crippen LogP contribution in [0.1, 0.15) is 0 Å². The van der Waals surface area contributed by atoms with Gasteiger partial charge in [0.05, 0.1) is 11.8 Å². The number of rotatable bonds is 2. The van der Waals surface area contributed by atoms with E-state index < -0.39 is 21.3 Å². The van der Waals surface area contributed by atoms with Crippen LogP contribution in [0.3, 0.4) is 0 Å².